The van der Waals surface area contributed by atoms with E-state index in [1.54, 1.807) is 11.3 Å². The summed E-state index contributed by atoms with van der Waals surface area (Å²) in [6.45, 7) is 5.26. The van der Waals surface area contributed by atoms with Crippen LogP contribution in [0.5, 0.6) is 11.5 Å². The van der Waals surface area contributed by atoms with Gasteiger partial charge in [-0.15, -0.1) is 11.3 Å². The van der Waals surface area contributed by atoms with Gasteiger partial charge in [0.25, 0.3) is 0 Å². The molecule has 4 aromatic rings. The minimum Gasteiger partial charge on any atom is -0.487 e. The third kappa shape index (κ3) is 4.70. The molecular formula is C28H29N3O4S. The Labute approximate surface area is 214 Å². The van der Waals surface area contributed by atoms with Gasteiger partial charge in [0.2, 0.25) is 5.91 Å². The van der Waals surface area contributed by atoms with Gasteiger partial charge in [-0.05, 0) is 42.1 Å². The number of rotatable bonds is 6. The molecule has 0 unspecified atom stereocenters. The van der Waals surface area contributed by atoms with Crippen molar-refractivity contribution in [1.82, 2.24) is 14.7 Å². The normalized spacial score (nSPS) is 17.6. The van der Waals surface area contributed by atoms with Crippen molar-refractivity contribution in [3.8, 4) is 22.6 Å². The van der Waals surface area contributed by atoms with Crippen LogP contribution >= 0.6 is 11.3 Å². The van der Waals surface area contributed by atoms with Crippen molar-refractivity contribution in [2.75, 3.05) is 26.4 Å². The minimum absolute atomic E-state index is 0.00526. The highest BCUT2D eigenvalue weighted by molar-refractivity contribution is 7.17. The molecule has 1 amide bonds. The lowest BCUT2D eigenvalue weighted by Crippen LogP contribution is -2.33. The van der Waals surface area contributed by atoms with E-state index in [1.807, 2.05) is 28.8 Å². The molecule has 0 N–H and O–H groups in total. The first kappa shape index (κ1) is 23.1. The molecule has 8 heteroatoms. The molecule has 1 saturated heterocycles. The molecule has 6 rings (SSSR count). The van der Waals surface area contributed by atoms with Crippen molar-refractivity contribution in [1.29, 1.82) is 0 Å². The molecule has 7 nitrogen and oxygen atoms in total. The van der Waals surface area contributed by atoms with Gasteiger partial charge < -0.3 is 19.1 Å². The van der Waals surface area contributed by atoms with Crippen LogP contribution in [0.25, 0.3) is 21.2 Å². The summed E-state index contributed by atoms with van der Waals surface area (Å²) in [5, 5.41) is 7.82. The molecule has 186 valence electrons. The summed E-state index contributed by atoms with van der Waals surface area (Å²) in [7, 11) is 0. The van der Waals surface area contributed by atoms with Gasteiger partial charge in [-0.2, -0.15) is 5.10 Å². The number of nitrogens with zero attached hydrogens (tertiary/aromatic N) is 3. The summed E-state index contributed by atoms with van der Waals surface area (Å²) in [6.07, 6.45) is 3.18. The van der Waals surface area contributed by atoms with E-state index in [2.05, 4.69) is 46.9 Å². The zero-order valence-corrected chi connectivity index (χ0v) is 21.1. The second-order valence-corrected chi connectivity index (χ2v) is 10.3. The number of aromatic nitrogens is 2. The van der Waals surface area contributed by atoms with Gasteiger partial charge in [0, 0.05) is 53.3 Å². The zero-order chi connectivity index (χ0) is 24.5. The highest BCUT2D eigenvalue weighted by Gasteiger charge is 2.26. The molecule has 36 heavy (non-hydrogen) atoms. The minimum atomic E-state index is 0.00526. The monoisotopic (exact) mass is 503 g/mol. The van der Waals surface area contributed by atoms with Crippen molar-refractivity contribution >= 4 is 27.3 Å². The van der Waals surface area contributed by atoms with Gasteiger partial charge >= 0.3 is 0 Å². The maximum Gasteiger partial charge on any atom is 0.224 e. The largest absolute Gasteiger partial charge is 0.487 e. The maximum atomic E-state index is 13.2. The van der Waals surface area contributed by atoms with Crippen LogP contribution in [0.1, 0.15) is 24.1 Å². The Bertz CT molecular complexity index is 1390. The van der Waals surface area contributed by atoms with Crippen LogP contribution in [-0.4, -0.2) is 53.1 Å². The van der Waals surface area contributed by atoms with Crippen LogP contribution in [-0.2, 0) is 22.6 Å². The number of thiophene rings is 1. The first-order chi connectivity index (χ1) is 17.6. The zero-order valence-electron chi connectivity index (χ0n) is 20.3. The van der Waals surface area contributed by atoms with Crippen LogP contribution in [0.3, 0.4) is 0 Å². The molecule has 0 spiro atoms. The van der Waals surface area contributed by atoms with E-state index in [0.717, 1.165) is 34.7 Å². The number of ether oxygens (including phenoxy) is 3. The van der Waals surface area contributed by atoms with Gasteiger partial charge in [0.15, 0.2) is 11.5 Å². The van der Waals surface area contributed by atoms with Gasteiger partial charge in [-0.3, -0.25) is 9.48 Å². The number of hydrogen-bond donors (Lipinski definition) is 0. The number of carbonyl (C=O) groups excluding carboxylic acids is 1. The Morgan fingerprint density at radius 2 is 2.14 bits per heavy atom. The standard InChI is InChI=1S/C28H29N3O4S/c1-19-6-9-31(29-19)10-7-27(32)30-11-13-34-28-21(16-30)14-20(15-25(28)35-22-8-12-33-17-22)24-18-36-26-5-3-2-4-23(24)26/h2-6,9,14-15,18,22H,7-8,10-13,16-17H2,1H3/t22-/m0/s1. The Hall–Kier alpha value is -3.36. The average molecular weight is 504 g/mol. The van der Waals surface area contributed by atoms with E-state index in [0.29, 0.717) is 45.9 Å². The summed E-state index contributed by atoms with van der Waals surface area (Å²) < 4.78 is 21.3. The van der Waals surface area contributed by atoms with Gasteiger partial charge in [0.05, 0.1) is 25.5 Å². The van der Waals surface area contributed by atoms with Gasteiger partial charge in [-0.25, -0.2) is 0 Å². The summed E-state index contributed by atoms with van der Waals surface area (Å²) >= 11 is 1.74. The van der Waals surface area contributed by atoms with Crippen molar-refractivity contribution in [3.63, 3.8) is 0 Å². The quantitative estimate of drug-likeness (QED) is 0.368. The van der Waals surface area contributed by atoms with E-state index < -0.39 is 0 Å². The van der Waals surface area contributed by atoms with Crippen molar-refractivity contribution < 1.29 is 19.0 Å². The molecule has 4 heterocycles. The number of hydrogen-bond acceptors (Lipinski definition) is 6. The second kappa shape index (κ2) is 9.95. The second-order valence-electron chi connectivity index (χ2n) is 9.35. The first-order valence-corrected chi connectivity index (χ1v) is 13.3. The molecule has 2 aromatic carbocycles. The Kier molecular flexibility index (Phi) is 6.37. The van der Waals surface area contributed by atoms with Crippen molar-refractivity contribution in [3.05, 3.63) is 65.3 Å². The van der Waals surface area contributed by atoms with Gasteiger partial charge in [0.1, 0.15) is 12.7 Å². The van der Waals surface area contributed by atoms with E-state index in [-0.39, 0.29) is 12.0 Å². The summed E-state index contributed by atoms with van der Waals surface area (Å²) in [5.74, 6) is 1.57. The molecule has 0 aliphatic carbocycles. The van der Waals surface area contributed by atoms with Crippen molar-refractivity contribution in [2.45, 2.75) is 39.0 Å². The van der Waals surface area contributed by atoms with E-state index in [4.69, 9.17) is 14.2 Å². The summed E-state index contributed by atoms with van der Waals surface area (Å²) in [4.78, 5) is 15.1. The predicted molar refractivity (Wildman–Crippen MR) is 140 cm³/mol. The SMILES string of the molecule is Cc1ccn(CCC(=O)N2CCOc3c(cc(-c4csc5ccccc45)cc3O[C@H]3CCOC3)C2)n1. The topological polar surface area (TPSA) is 65.8 Å². The molecule has 1 atom stereocenters. The highest BCUT2D eigenvalue weighted by Crippen LogP contribution is 2.42. The van der Waals surface area contributed by atoms with Crippen LogP contribution in [0.2, 0.25) is 0 Å². The number of amides is 1. The van der Waals surface area contributed by atoms with Crippen LogP contribution < -0.4 is 9.47 Å². The fraction of sp³-hybridized carbons (Fsp3) is 0.357. The first-order valence-electron chi connectivity index (χ1n) is 12.4. The van der Waals surface area contributed by atoms with Crippen LogP contribution in [0, 0.1) is 6.92 Å². The lowest BCUT2D eigenvalue weighted by Gasteiger charge is -2.21. The van der Waals surface area contributed by atoms with Crippen LogP contribution in [0.4, 0.5) is 0 Å². The highest BCUT2D eigenvalue weighted by atomic mass is 32.1. The third-order valence-corrected chi connectivity index (χ3v) is 7.72. The molecule has 0 radical (unpaired) electrons. The predicted octanol–water partition coefficient (Wildman–Crippen LogP) is 5.05. The molecule has 1 fully saturated rings. The number of benzene rings is 2. The fourth-order valence-electron chi connectivity index (χ4n) is 4.88. The maximum absolute atomic E-state index is 13.2. The molecule has 2 aliphatic rings. The number of aryl methyl sites for hydroxylation is 2. The Morgan fingerprint density at radius 1 is 1.22 bits per heavy atom. The molecule has 2 aliphatic heterocycles. The molecular weight excluding hydrogens is 474 g/mol. The number of fused-ring (bicyclic) bond motifs is 2. The van der Waals surface area contributed by atoms with Crippen molar-refractivity contribution in [2.24, 2.45) is 0 Å². The lowest BCUT2D eigenvalue weighted by atomic mass is 10.0. The summed E-state index contributed by atoms with van der Waals surface area (Å²) in [5.41, 5.74) is 4.16. The molecule has 2 aromatic heterocycles. The smallest absolute Gasteiger partial charge is 0.224 e. The van der Waals surface area contributed by atoms with E-state index >= 15 is 0 Å². The van der Waals surface area contributed by atoms with E-state index in [9.17, 15) is 4.79 Å². The van der Waals surface area contributed by atoms with Crippen LogP contribution in [0.15, 0.2) is 54.0 Å². The third-order valence-electron chi connectivity index (χ3n) is 6.76. The lowest BCUT2D eigenvalue weighted by molar-refractivity contribution is -0.132. The van der Waals surface area contributed by atoms with Gasteiger partial charge in [-0.1, -0.05) is 18.2 Å². The fourth-order valence-corrected chi connectivity index (χ4v) is 5.85. The molecule has 0 bridgehead atoms. The van der Waals surface area contributed by atoms with E-state index in [1.165, 1.54) is 15.6 Å². The average Bonchev–Trinajstić information content (AvgIpc) is 3.61. The number of carbonyl (C=O) groups is 1. The molecule has 0 saturated carbocycles. The Balaban J connectivity index is 1.32. The summed E-state index contributed by atoms with van der Waals surface area (Å²) in [6, 6.07) is 14.6. The Morgan fingerprint density at radius 3 is 2.97 bits per heavy atom.